The summed E-state index contributed by atoms with van der Waals surface area (Å²) in [5.41, 5.74) is 0.778. The van der Waals surface area contributed by atoms with E-state index in [-0.39, 0.29) is 5.91 Å². The predicted octanol–water partition coefficient (Wildman–Crippen LogP) is 1.74. The first kappa shape index (κ1) is 11.2. The zero-order valence-electron chi connectivity index (χ0n) is 9.53. The molecule has 0 aliphatic carbocycles. The van der Waals surface area contributed by atoms with E-state index in [4.69, 9.17) is 0 Å². The number of nitrogens with one attached hydrogen (secondary N) is 1. The van der Waals surface area contributed by atoms with Gasteiger partial charge in [0.2, 0.25) is 0 Å². The van der Waals surface area contributed by atoms with Gasteiger partial charge in [-0.25, -0.2) is 0 Å². The molecule has 3 nitrogen and oxygen atoms in total. The van der Waals surface area contributed by atoms with Gasteiger partial charge in [0.15, 0.2) is 0 Å². The molecule has 1 N–H and O–H groups in total. The van der Waals surface area contributed by atoms with Crippen molar-refractivity contribution in [3.8, 4) is 0 Å². The highest BCUT2D eigenvalue weighted by Crippen LogP contribution is 2.28. The molecular formula is C13H15BrN2O. The Bertz CT molecular complexity index is 437. The molecule has 2 saturated heterocycles. The molecule has 0 spiro atoms. The Morgan fingerprint density at radius 2 is 1.88 bits per heavy atom. The van der Waals surface area contributed by atoms with Gasteiger partial charge < -0.3 is 10.2 Å². The number of amides is 1. The van der Waals surface area contributed by atoms with Gasteiger partial charge in [-0.1, -0.05) is 12.1 Å². The molecule has 1 amide bonds. The molecule has 4 heteroatoms. The van der Waals surface area contributed by atoms with Crippen LogP contribution in [0.15, 0.2) is 28.7 Å². The number of benzene rings is 1. The fourth-order valence-electron chi connectivity index (χ4n) is 2.83. The van der Waals surface area contributed by atoms with E-state index in [0.717, 1.165) is 36.2 Å². The molecule has 0 saturated carbocycles. The van der Waals surface area contributed by atoms with Gasteiger partial charge in [0.25, 0.3) is 5.91 Å². The Balaban J connectivity index is 1.78. The second kappa shape index (κ2) is 4.42. The first-order valence-corrected chi connectivity index (χ1v) is 6.79. The minimum Gasteiger partial charge on any atom is -0.338 e. The molecule has 2 fully saturated rings. The van der Waals surface area contributed by atoms with Crippen LogP contribution >= 0.6 is 15.9 Å². The summed E-state index contributed by atoms with van der Waals surface area (Å²) < 4.78 is 0.889. The highest BCUT2D eigenvalue weighted by molar-refractivity contribution is 9.10. The average Bonchev–Trinajstić information content (AvgIpc) is 2.88. The first-order valence-electron chi connectivity index (χ1n) is 6.00. The van der Waals surface area contributed by atoms with E-state index in [9.17, 15) is 4.79 Å². The van der Waals surface area contributed by atoms with Crippen molar-refractivity contribution < 1.29 is 4.79 Å². The van der Waals surface area contributed by atoms with Gasteiger partial charge in [-0.05, 0) is 39.9 Å². The Labute approximate surface area is 109 Å². The maximum atomic E-state index is 12.4. The van der Waals surface area contributed by atoms with Crippen LogP contribution in [0.25, 0.3) is 0 Å². The van der Waals surface area contributed by atoms with Crippen LogP contribution < -0.4 is 5.32 Å². The number of hydrogen-bond donors (Lipinski definition) is 1. The third-order valence-corrected chi connectivity index (χ3v) is 4.47. The van der Waals surface area contributed by atoms with Gasteiger partial charge in [-0.2, -0.15) is 0 Å². The lowest BCUT2D eigenvalue weighted by Gasteiger charge is -2.18. The van der Waals surface area contributed by atoms with Crippen LogP contribution in [-0.2, 0) is 0 Å². The zero-order chi connectivity index (χ0) is 11.8. The molecule has 0 unspecified atom stereocenters. The molecule has 3 rings (SSSR count). The highest BCUT2D eigenvalue weighted by atomic mass is 79.9. The van der Waals surface area contributed by atoms with Crippen molar-refractivity contribution in [2.75, 3.05) is 26.2 Å². The summed E-state index contributed by atoms with van der Waals surface area (Å²) in [6.45, 7) is 3.92. The molecule has 0 aromatic heterocycles. The van der Waals surface area contributed by atoms with Gasteiger partial charge >= 0.3 is 0 Å². The average molecular weight is 295 g/mol. The molecule has 17 heavy (non-hydrogen) atoms. The van der Waals surface area contributed by atoms with Crippen LogP contribution in [0.2, 0.25) is 0 Å². The molecule has 2 aliphatic heterocycles. The third kappa shape index (κ3) is 2.00. The van der Waals surface area contributed by atoms with Crippen molar-refractivity contribution in [2.24, 2.45) is 11.8 Å². The zero-order valence-corrected chi connectivity index (χ0v) is 11.1. The van der Waals surface area contributed by atoms with E-state index in [2.05, 4.69) is 21.2 Å². The lowest BCUT2D eigenvalue weighted by atomic mass is 10.0. The summed E-state index contributed by atoms with van der Waals surface area (Å²) in [5.74, 6) is 1.47. The standard InChI is InChI=1S/C13H15BrN2O/c14-12-4-2-1-3-11(12)13(17)16-7-9-5-15-6-10(9)8-16/h1-4,9-10,15H,5-8H2/t9-,10+. The van der Waals surface area contributed by atoms with Gasteiger partial charge in [0.05, 0.1) is 5.56 Å². The van der Waals surface area contributed by atoms with Crippen molar-refractivity contribution >= 4 is 21.8 Å². The molecular weight excluding hydrogens is 280 g/mol. The third-order valence-electron chi connectivity index (χ3n) is 3.78. The Morgan fingerprint density at radius 3 is 2.53 bits per heavy atom. The quantitative estimate of drug-likeness (QED) is 0.856. The van der Waals surface area contributed by atoms with Gasteiger partial charge in [-0.3, -0.25) is 4.79 Å². The smallest absolute Gasteiger partial charge is 0.255 e. The SMILES string of the molecule is O=C(c1ccccc1Br)N1C[C@H]2CNC[C@H]2C1. The van der Waals surface area contributed by atoms with Crippen LogP contribution in [0.1, 0.15) is 10.4 Å². The number of likely N-dealkylation sites (tertiary alicyclic amines) is 1. The van der Waals surface area contributed by atoms with Crippen molar-refractivity contribution in [2.45, 2.75) is 0 Å². The molecule has 2 aliphatic rings. The van der Waals surface area contributed by atoms with Crippen molar-refractivity contribution in [1.29, 1.82) is 0 Å². The number of nitrogens with zero attached hydrogens (tertiary/aromatic N) is 1. The number of carbonyl (C=O) groups excluding carboxylic acids is 1. The summed E-state index contributed by atoms with van der Waals surface area (Å²) in [4.78, 5) is 14.4. The molecule has 0 radical (unpaired) electrons. The van der Waals surface area contributed by atoms with E-state index in [1.54, 1.807) is 0 Å². The second-order valence-electron chi connectivity index (χ2n) is 4.87. The molecule has 90 valence electrons. The second-order valence-corrected chi connectivity index (χ2v) is 5.72. The fourth-order valence-corrected chi connectivity index (χ4v) is 3.28. The van der Waals surface area contributed by atoms with Crippen LogP contribution in [0, 0.1) is 11.8 Å². The molecule has 0 bridgehead atoms. The Hall–Kier alpha value is -0.870. The van der Waals surface area contributed by atoms with E-state index in [1.807, 2.05) is 29.2 Å². The Morgan fingerprint density at radius 1 is 1.24 bits per heavy atom. The van der Waals surface area contributed by atoms with Crippen LogP contribution in [0.4, 0.5) is 0 Å². The maximum absolute atomic E-state index is 12.4. The van der Waals surface area contributed by atoms with E-state index < -0.39 is 0 Å². The van der Waals surface area contributed by atoms with Crippen LogP contribution in [0.3, 0.4) is 0 Å². The minimum atomic E-state index is 0.159. The maximum Gasteiger partial charge on any atom is 0.255 e. The number of halogens is 1. The van der Waals surface area contributed by atoms with Gasteiger partial charge in [-0.15, -0.1) is 0 Å². The highest BCUT2D eigenvalue weighted by Gasteiger charge is 2.38. The topological polar surface area (TPSA) is 32.3 Å². The number of rotatable bonds is 1. The summed E-state index contributed by atoms with van der Waals surface area (Å²) in [7, 11) is 0. The van der Waals surface area contributed by atoms with E-state index >= 15 is 0 Å². The van der Waals surface area contributed by atoms with E-state index in [1.165, 1.54) is 0 Å². The number of fused-ring (bicyclic) bond motifs is 1. The van der Waals surface area contributed by atoms with Crippen LogP contribution in [-0.4, -0.2) is 37.0 Å². The normalized spacial score (nSPS) is 27.2. The molecule has 2 atom stereocenters. The predicted molar refractivity (Wildman–Crippen MR) is 69.9 cm³/mol. The lowest BCUT2D eigenvalue weighted by molar-refractivity contribution is 0.0781. The first-order chi connectivity index (χ1) is 8.25. The number of carbonyl (C=O) groups is 1. The molecule has 2 heterocycles. The summed E-state index contributed by atoms with van der Waals surface area (Å²) in [6.07, 6.45) is 0. The van der Waals surface area contributed by atoms with Crippen LogP contribution in [0.5, 0.6) is 0 Å². The van der Waals surface area contributed by atoms with Crippen molar-refractivity contribution in [3.63, 3.8) is 0 Å². The van der Waals surface area contributed by atoms with Gasteiger partial charge in [0.1, 0.15) is 0 Å². The van der Waals surface area contributed by atoms with Gasteiger partial charge in [0, 0.05) is 30.7 Å². The number of hydrogen-bond acceptors (Lipinski definition) is 2. The molecule has 1 aromatic carbocycles. The largest absolute Gasteiger partial charge is 0.338 e. The Kier molecular flexibility index (Phi) is 2.92. The monoisotopic (exact) mass is 294 g/mol. The summed E-state index contributed by atoms with van der Waals surface area (Å²) in [6, 6.07) is 7.66. The van der Waals surface area contributed by atoms with Crippen molar-refractivity contribution in [1.82, 2.24) is 10.2 Å². The van der Waals surface area contributed by atoms with E-state index in [0.29, 0.717) is 11.8 Å². The minimum absolute atomic E-state index is 0.159. The molecule has 1 aromatic rings. The fraction of sp³-hybridized carbons (Fsp3) is 0.462. The summed E-state index contributed by atoms with van der Waals surface area (Å²) in [5, 5.41) is 3.39. The summed E-state index contributed by atoms with van der Waals surface area (Å²) >= 11 is 3.45. The van der Waals surface area contributed by atoms with Crippen molar-refractivity contribution in [3.05, 3.63) is 34.3 Å². The lowest BCUT2D eigenvalue weighted by Crippen LogP contribution is -2.32.